The fraction of sp³-hybridized carbons (Fsp3) is 0.407. The highest BCUT2D eigenvalue weighted by molar-refractivity contribution is 7.11. The lowest BCUT2D eigenvalue weighted by atomic mass is 10.0. The molecule has 184 valence electrons. The molecule has 0 N–H and O–H groups in total. The van der Waals surface area contributed by atoms with Crippen molar-refractivity contribution < 1.29 is 13.2 Å². The van der Waals surface area contributed by atoms with Crippen LogP contribution in [0.3, 0.4) is 0 Å². The third kappa shape index (κ3) is 5.38. The van der Waals surface area contributed by atoms with Crippen LogP contribution in [0.5, 0.6) is 0 Å². The first-order valence-electron chi connectivity index (χ1n) is 11.9. The number of halogens is 2. The number of nitriles is 1. The van der Waals surface area contributed by atoms with Crippen molar-refractivity contribution in [1.29, 1.82) is 5.26 Å². The maximum absolute atomic E-state index is 13.6. The van der Waals surface area contributed by atoms with Gasteiger partial charge in [0.2, 0.25) is 0 Å². The van der Waals surface area contributed by atoms with E-state index in [2.05, 4.69) is 80.4 Å². The Balaban J connectivity index is 1.61. The molecule has 0 radical (unpaired) electrons. The van der Waals surface area contributed by atoms with E-state index in [0.29, 0.717) is 6.61 Å². The predicted octanol–water partition coefficient (Wildman–Crippen LogP) is 5.52. The van der Waals surface area contributed by atoms with E-state index in [0.717, 1.165) is 9.88 Å². The smallest absolute Gasteiger partial charge is 0.261 e. The van der Waals surface area contributed by atoms with Gasteiger partial charge in [0.15, 0.2) is 0 Å². The molecule has 4 rings (SSSR count). The Labute approximate surface area is 211 Å². The lowest BCUT2D eigenvalue weighted by Crippen LogP contribution is -2.66. The average Bonchev–Trinajstić information content (AvgIpc) is 3.30. The van der Waals surface area contributed by atoms with Crippen LogP contribution in [-0.4, -0.2) is 37.2 Å². The van der Waals surface area contributed by atoms with Gasteiger partial charge in [0.1, 0.15) is 11.0 Å². The van der Waals surface area contributed by atoms with E-state index in [4.69, 9.17) is 4.43 Å². The molecule has 1 aliphatic rings. The summed E-state index contributed by atoms with van der Waals surface area (Å²) in [6.07, 6.45) is 1.27. The number of aromatic nitrogens is 1. The maximum Gasteiger partial charge on any atom is 0.261 e. The van der Waals surface area contributed by atoms with Crippen LogP contribution in [0.1, 0.15) is 49.5 Å². The molecule has 0 saturated carbocycles. The monoisotopic (exact) mass is 511 g/mol. The van der Waals surface area contributed by atoms with Gasteiger partial charge in [-0.2, -0.15) is 5.26 Å². The zero-order chi connectivity index (χ0) is 25.1. The molecular weight excluding hydrogens is 480 g/mol. The molecule has 35 heavy (non-hydrogen) atoms. The summed E-state index contributed by atoms with van der Waals surface area (Å²) >= 11 is 1.44. The van der Waals surface area contributed by atoms with Crippen LogP contribution in [0.2, 0.25) is 5.04 Å². The van der Waals surface area contributed by atoms with E-state index >= 15 is 0 Å². The van der Waals surface area contributed by atoms with E-state index in [-0.39, 0.29) is 31.0 Å². The van der Waals surface area contributed by atoms with Crippen molar-refractivity contribution in [2.45, 2.75) is 57.2 Å². The highest BCUT2D eigenvalue weighted by atomic mass is 32.1. The number of benzene rings is 2. The molecular formula is C27H31F2N3OSSi. The van der Waals surface area contributed by atoms with Crippen molar-refractivity contribution in [1.82, 2.24) is 9.88 Å². The molecule has 1 aliphatic heterocycles. The lowest BCUT2D eigenvalue weighted by Gasteiger charge is -2.42. The summed E-state index contributed by atoms with van der Waals surface area (Å²) in [5.74, 6) is -2.64. The SMILES string of the molecule is CC(C)(C)[Si](OCc1ncc(C(C#N)N2CCC(F)(F)CC2)s1)(c1ccccc1)c1ccccc1. The molecule has 1 aromatic heterocycles. The Bertz CT molecular complexity index is 1110. The van der Waals surface area contributed by atoms with Gasteiger partial charge in [-0.15, -0.1) is 11.3 Å². The molecule has 8 heteroatoms. The second kappa shape index (κ2) is 10.3. The summed E-state index contributed by atoms with van der Waals surface area (Å²) in [4.78, 5) is 7.18. The summed E-state index contributed by atoms with van der Waals surface area (Å²) in [5, 5.41) is 12.8. The minimum Gasteiger partial charge on any atom is -0.401 e. The summed E-state index contributed by atoms with van der Waals surface area (Å²) in [5.41, 5.74) is 0. The third-order valence-electron chi connectivity index (χ3n) is 6.69. The maximum atomic E-state index is 13.6. The zero-order valence-electron chi connectivity index (χ0n) is 20.4. The Morgan fingerprint density at radius 2 is 1.60 bits per heavy atom. The normalized spacial score (nSPS) is 17.6. The Morgan fingerprint density at radius 1 is 1.06 bits per heavy atom. The number of thiazole rings is 1. The summed E-state index contributed by atoms with van der Waals surface area (Å²) in [6, 6.07) is 22.6. The molecule has 3 aromatic rings. The molecule has 0 aliphatic carbocycles. The van der Waals surface area contributed by atoms with E-state index in [9.17, 15) is 14.0 Å². The Hall–Kier alpha value is -2.44. The number of hydrogen-bond donors (Lipinski definition) is 0. The lowest BCUT2D eigenvalue weighted by molar-refractivity contribution is -0.0593. The quantitative estimate of drug-likeness (QED) is 0.392. The van der Waals surface area contributed by atoms with Crippen LogP contribution in [-0.2, 0) is 11.0 Å². The predicted molar refractivity (Wildman–Crippen MR) is 139 cm³/mol. The molecule has 0 amide bonds. The van der Waals surface area contributed by atoms with Crippen molar-refractivity contribution in [3.63, 3.8) is 0 Å². The van der Waals surface area contributed by atoms with Gasteiger partial charge >= 0.3 is 0 Å². The van der Waals surface area contributed by atoms with Gasteiger partial charge < -0.3 is 4.43 Å². The van der Waals surface area contributed by atoms with Crippen LogP contribution in [0.15, 0.2) is 66.9 Å². The van der Waals surface area contributed by atoms with Crippen LogP contribution < -0.4 is 10.4 Å². The highest BCUT2D eigenvalue weighted by Crippen LogP contribution is 2.38. The summed E-state index contributed by atoms with van der Waals surface area (Å²) in [7, 11) is -2.70. The summed E-state index contributed by atoms with van der Waals surface area (Å²) in [6.45, 7) is 7.42. The largest absolute Gasteiger partial charge is 0.401 e. The van der Waals surface area contributed by atoms with Gasteiger partial charge in [0.25, 0.3) is 14.2 Å². The summed E-state index contributed by atoms with van der Waals surface area (Å²) < 4.78 is 34.2. The van der Waals surface area contributed by atoms with E-state index in [1.165, 1.54) is 21.7 Å². The molecule has 0 spiro atoms. The Morgan fingerprint density at radius 3 is 2.09 bits per heavy atom. The minimum absolute atomic E-state index is 0.149. The fourth-order valence-corrected chi connectivity index (χ4v) is 10.4. The fourth-order valence-electron chi connectivity index (χ4n) is 4.88. The zero-order valence-corrected chi connectivity index (χ0v) is 22.2. The highest BCUT2D eigenvalue weighted by Gasteiger charge is 2.50. The van der Waals surface area contributed by atoms with Crippen LogP contribution in [0.4, 0.5) is 8.78 Å². The van der Waals surface area contributed by atoms with E-state index < -0.39 is 20.3 Å². The molecule has 1 atom stereocenters. The van der Waals surface area contributed by atoms with E-state index in [1.54, 1.807) is 6.20 Å². The van der Waals surface area contributed by atoms with Crippen molar-refractivity contribution in [2.75, 3.05) is 13.1 Å². The molecule has 1 saturated heterocycles. The first-order chi connectivity index (χ1) is 16.7. The number of likely N-dealkylation sites (tertiary alicyclic amines) is 1. The minimum atomic E-state index is -2.70. The molecule has 1 unspecified atom stereocenters. The Kier molecular flexibility index (Phi) is 7.53. The first-order valence-corrected chi connectivity index (χ1v) is 14.6. The second-order valence-electron chi connectivity index (χ2n) is 10.0. The van der Waals surface area contributed by atoms with Crippen molar-refractivity contribution in [2.24, 2.45) is 0 Å². The van der Waals surface area contributed by atoms with Gasteiger partial charge in [-0.05, 0) is 15.4 Å². The number of rotatable bonds is 7. The van der Waals surface area contributed by atoms with Gasteiger partial charge in [0.05, 0.1) is 17.6 Å². The number of alkyl halides is 2. The van der Waals surface area contributed by atoms with Gasteiger partial charge in [0, 0.05) is 32.1 Å². The van der Waals surface area contributed by atoms with Gasteiger partial charge in [-0.25, -0.2) is 13.8 Å². The topological polar surface area (TPSA) is 49.1 Å². The molecule has 0 bridgehead atoms. The first kappa shape index (κ1) is 25.6. The molecule has 1 fully saturated rings. The third-order valence-corrected chi connectivity index (χ3v) is 12.7. The molecule has 2 aromatic carbocycles. The van der Waals surface area contributed by atoms with Crippen molar-refractivity contribution >= 4 is 30.0 Å². The molecule has 4 nitrogen and oxygen atoms in total. The average molecular weight is 512 g/mol. The molecule has 2 heterocycles. The van der Waals surface area contributed by atoms with Gasteiger partial charge in [-0.1, -0.05) is 81.4 Å². The standard InChI is InChI=1S/C27H31F2N3OSSi/c1-26(2,3)35(21-10-6-4-7-11-21,22-12-8-5-9-13-22)33-20-25-31-19-24(34-25)23(18-30)32-16-14-27(28,29)15-17-32/h4-13,19,23H,14-17,20H2,1-3H3. The van der Waals surface area contributed by atoms with Crippen molar-refractivity contribution in [3.05, 3.63) is 76.7 Å². The number of hydrogen-bond acceptors (Lipinski definition) is 5. The van der Waals surface area contributed by atoms with Crippen molar-refractivity contribution in [3.8, 4) is 6.07 Å². The van der Waals surface area contributed by atoms with E-state index in [1.807, 2.05) is 17.0 Å². The van der Waals surface area contributed by atoms with Crippen LogP contribution >= 0.6 is 11.3 Å². The number of nitrogens with zero attached hydrogens (tertiary/aromatic N) is 3. The van der Waals surface area contributed by atoms with Gasteiger partial charge in [-0.3, -0.25) is 4.90 Å². The van der Waals surface area contributed by atoms with Crippen LogP contribution in [0, 0.1) is 11.3 Å². The van der Waals surface area contributed by atoms with Crippen LogP contribution in [0.25, 0.3) is 0 Å². The second-order valence-corrected chi connectivity index (χ2v) is 15.5. The number of piperidine rings is 1.